The Morgan fingerprint density at radius 1 is 1.17 bits per heavy atom. The number of aromatic nitrogens is 1. The van der Waals surface area contributed by atoms with Crippen LogP contribution in [-0.2, 0) is 22.2 Å². The Labute approximate surface area is 206 Å². The molecular formula is C26H27F3N2O3S. The van der Waals surface area contributed by atoms with Crippen LogP contribution in [0.1, 0.15) is 59.6 Å². The Bertz CT molecular complexity index is 1240. The predicted octanol–water partition coefficient (Wildman–Crippen LogP) is 7.24. The van der Waals surface area contributed by atoms with Gasteiger partial charge in [-0.25, -0.2) is 9.78 Å². The third-order valence-electron chi connectivity index (χ3n) is 6.27. The van der Waals surface area contributed by atoms with Gasteiger partial charge in [0.1, 0.15) is 11.1 Å². The minimum absolute atomic E-state index is 0.140. The van der Waals surface area contributed by atoms with Crippen molar-refractivity contribution in [1.29, 1.82) is 0 Å². The van der Waals surface area contributed by atoms with Gasteiger partial charge in [0.2, 0.25) is 0 Å². The summed E-state index contributed by atoms with van der Waals surface area (Å²) < 4.78 is 51.0. The molecule has 0 spiro atoms. The molecule has 0 saturated carbocycles. The molecule has 5 nitrogen and oxygen atoms in total. The fourth-order valence-corrected chi connectivity index (χ4v) is 5.22. The highest BCUT2D eigenvalue weighted by molar-refractivity contribution is 7.13. The summed E-state index contributed by atoms with van der Waals surface area (Å²) in [7, 11) is 1.63. The fourth-order valence-electron chi connectivity index (χ4n) is 4.26. The zero-order chi connectivity index (χ0) is 25.5. The zero-order valence-corrected chi connectivity index (χ0v) is 21.0. The number of alkyl halides is 3. The average molecular weight is 505 g/mol. The molecule has 1 saturated heterocycles. The Balaban J connectivity index is 1.64. The molecular weight excluding hydrogens is 477 g/mol. The van der Waals surface area contributed by atoms with Gasteiger partial charge in [0.15, 0.2) is 0 Å². The first-order valence-electron chi connectivity index (χ1n) is 11.2. The van der Waals surface area contributed by atoms with E-state index >= 15 is 0 Å². The Morgan fingerprint density at radius 3 is 2.60 bits per heavy atom. The van der Waals surface area contributed by atoms with Gasteiger partial charge in [-0.2, -0.15) is 13.2 Å². The molecule has 0 radical (unpaired) electrons. The molecule has 1 unspecified atom stereocenters. The Kier molecular flexibility index (Phi) is 6.92. The molecule has 1 aliphatic heterocycles. The number of rotatable bonds is 6. The molecule has 9 heteroatoms. The van der Waals surface area contributed by atoms with Crippen LogP contribution in [0.4, 0.5) is 18.0 Å². The van der Waals surface area contributed by atoms with Gasteiger partial charge in [-0.1, -0.05) is 35.4 Å². The van der Waals surface area contributed by atoms with E-state index in [9.17, 15) is 18.0 Å². The quantitative estimate of drug-likeness (QED) is 0.355. The number of methoxy groups -OCH3 is 1. The van der Waals surface area contributed by atoms with Crippen LogP contribution in [0.25, 0.3) is 10.6 Å². The molecule has 3 aromatic rings. The minimum atomic E-state index is -4.48. The van der Waals surface area contributed by atoms with E-state index in [-0.39, 0.29) is 12.6 Å². The lowest BCUT2D eigenvalue weighted by atomic mass is 9.97. The molecule has 186 valence electrons. The van der Waals surface area contributed by atoms with Crippen LogP contribution in [0.5, 0.6) is 0 Å². The van der Waals surface area contributed by atoms with Crippen LogP contribution in [0.2, 0.25) is 0 Å². The fraction of sp³-hybridized carbons (Fsp3) is 0.385. The summed E-state index contributed by atoms with van der Waals surface area (Å²) in [6.45, 7) is 7.53. The van der Waals surface area contributed by atoms with E-state index < -0.39 is 30.0 Å². The maximum atomic E-state index is 13.4. The SMILES string of the molecule is COC(C)c1csc(-c2ccc(C)cc2CN2C(=O)O[C@H](c3cc(C)cc(C(F)(F)F)c3)[C@@H]2C)n1. The van der Waals surface area contributed by atoms with Gasteiger partial charge in [-0.15, -0.1) is 11.3 Å². The van der Waals surface area contributed by atoms with Crippen LogP contribution < -0.4 is 0 Å². The molecule has 2 aromatic carbocycles. The summed E-state index contributed by atoms with van der Waals surface area (Å²) in [6.07, 6.45) is -5.97. The second-order valence-corrected chi connectivity index (χ2v) is 9.78. The molecule has 0 aliphatic carbocycles. The third-order valence-corrected chi connectivity index (χ3v) is 7.17. The second-order valence-electron chi connectivity index (χ2n) is 8.92. The van der Waals surface area contributed by atoms with Gasteiger partial charge in [-0.3, -0.25) is 4.90 Å². The molecule has 1 fully saturated rings. The molecule has 3 atom stereocenters. The van der Waals surface area contributed by atoms with E-state index in [4.69, 9.17) is 14.5 Å². The molecule has 0 N–H and O–H groups in total. The number of nitrogens with zero attached hydrogens (tertiary/aromatic N) is 2. The van der Waals surface area contributed by atoms with Gasteiger partial charge in [0, 0.05) is 18.1 Å². The minimum Gasteiger partial charge on any atom is -0.439 e. The predicted molar refractivity (Wildman–Crippen MR) is 128 cm³/mol. The average Bonchev–Trinajstić information content (AvgIpc) is 3.38. The largest absolute Gasteiger partial charge is 0.439 e. The van der Waals surface area contributed by atoms with Crippen molar-refractivity contribution >= 4 is 17.4 Å². The lowest BCUT2D eigenvalue weighted by Gasteiger charge is -2.23. The van der Waals surface area contributed by atoms with Crippen molar-refractivity contribution in [1.82, 2.24) is 9.88 Å². The summed E-state index contributed by atoms with van der Waals surface area (Å²) in [5.74, 6) is 0. The lowest BCUT2D eigenvalue weighted by molar-refractivity contribution is -0.137. The first-order chi connectivity index (χ1) is 16.5. The van der Waals surface area contributed by atoms with E-state index in [0.717, 1.165) is 39.5 Å². The van der Waals surface area contributed by atoms with Gasteiger partial charge in [0.05, 0.1) is 29.9 Å². The third kappa shape index (κ3) is 5.21. The summed E-state index contributed by atoms with van der Waals surface area (Å²) in [5, 5.41) is 2.76. The van der Waals surface area contributed by atoms with Crippen molar-refractivity contribution in [3.8, 4) is 10.6 Å². The van der Waals surface area contributed by atoms with Gasteiger partial charge >= 0.3 is 12.3 Å². The van der Waals surface area contributed by atoms with E-state index in [0.29, 0.717) is 11.1 Å². The molecule has 35 heavy (non-hydrogen) atoms. The lowest BCUT2D eigenvalue weighted by Crippen LogP contribution is -2.31. The molecule has 1 amide bonds. The van der Waals surface area contributed by atoms with Crippen molar-refractivity contribution in [2.75, 3.05) is 7.11 Å². The van der Waals surface area contributed by atoms with Crippen molar-refractivity contribution in [3.63, 3.8) is 0 Å². The Morgan fingerprint density at radius 2 is 1.91 bits per heavy atom. The number of benzene rings is 2. The van der Waals surface area contributed by atoms with Crippen LogP contribution in [0.3, 0.4) is 0 Å². The van der Waals surface area contributed by atoms with Gasteiger partial charge in [-0.05, 0) is 51.0 Å². The number of thiazole rings is 1. The molecule has 1 aromatic heterocycles. The summed E-state index contributed by atoms with van der Waals surface area (Å²) >= 11 is 1.50. The van der Waals surface area contributed by atoms with Crippen molar-refractivity contribution in [2.24, 2.45) is 0 Å². The summed E-state index contributed by atoms with van der Waals surface area (Å²) in [4.78, 5) is 19.1. The summed E-state index contributed by atoms with van der Waals surface area (Å²) in [6, 6.07) is 9.30. The molecule has 1 aliphatic rings. The van der Waals surface area contributed by atoms with Crippen LogP contribution in [0, 0.1) is 13.8 Å². The van der Waals surface area contributed by atoms with E-state index in [1.165, 1.54) is 11.3 Å². The van der Waals surface area contributed by atoms with Gasteiger partial charge in [0.25, 0.3) is 0 Å². The number of hydrogen-bond acceptors (Lipinski definition) is 5. The number of carbonyl (C=O) groups is 1. The maximum Gasteiger partial charge on any atom is 0.416 e. The van der Waals surface area contributed by atoms with Crippen LogP contribution in [-0.4, -0.2) is 29.1 Å². The molecule has 0 bridgehead atoms. The summed E-state index contributed by atoms with van der Waals surface area (Å²) in [5.41, 5.74) is 3.68. The van der Waals surface area contributed by atoms with E-state index in [1.807, 2.05) is 37.4 Å². The number of halogens is 3. The van der Waals surface area contributed by atoms with Crippen molar-refractivity contribution < 1.29 is 27.4 Å². The highest BCUT2D eigenvalue weighted by atomic mass is 32.1. The highest BCUT2D eigenvalue weighted by Gasteiger charge is 2.41. The standard InChI is InChI=1S/C26H27F3N2O3S/c1-14-6-7-21(24-30-22(13-35-24)17(4)33-5)19(8-14)12-31-16(3)23(34-25(31)32)18-9-15(2)10-20(11-18)26(27,28)29/h6-11,13,16-17,23H,12H2,1-5H3/t16-,17?,23-/m0/s1. The van der Waals surface area contributed by atoms with Crippen molar-refractivity contribution in [3.05, 3.63) is 75.3 Å². The van der Waals surface area contributed by atoms with Gasteiger partial charge < -0.3 is 9.47 Å². The number of carbonyl (C=O) groups excluding carboxylic acids is 1. The first-order valence-corrected chi connectivity index (χ1v) is 12.1. The van der Waals surface area contributed by atoms with E-state index in [2.05, 4.69) is 0 Å². The Hall–Kier alpha value is -2.91. The molecule has 2 heterocycles. The smallest absolute Gasteiger partial charge is 0.416 e. The monoisotopic (exact) mass is 504 g/mol. The molecule has 4 rings (SSSR count). The number of hydrogen-bond donors (Lipinski definition) is 0. The van der Waals surface area contributed by atoms with Crippen LogP contribution >= 0.6 is 11.3 Å². The number of amides is 1. The van der Waals surface area contributed by atoms with Crippen LogP contribution in [0.15, 0.2) is 41.8 Å². The van der Waals surface area contributed by atoms with E-state index in [1.54, 1.807) is 31.9 Å². The highest BCUT2D eigenvalue weighted by Crippen LogP contribution is 2.39. The normalized spacial score (nSPS) is 19.2. The number of cyclic esters (lactones) is 1. The first kappa shape index (κ1) is 25.2. The maximum absolute atomic E-state index is 13.4. The number of aryl methyl sites for hydroxylation is 2. The zero-order valence-electron chi connectivity index (χ0n) is 20.1. The second kappa shape index (κ2) is 9.62. The topological polar surface area (TPSA) is 51.7 Å². The van der Waals surface area contributed by atoms with Crippen molar-refractivity contribution in [2.45, 2.75) is 58.7 Å². The number of ether oxygens (including phenoxy) is 2.